The number of methoxy groups -OCH3 is 1. The number of carbonyl (C=O) groups excluding carboxylic acids is 1. The first-order valence-electron chi connectivity index (χ1n) is 7.20. The van der Waals surface area contributed by atoms with Crippen molar-refractivity contribution >= 4 is 5.91 Å². The van der Waals surface area contributed by atoms with Crippen LogP contribution in [-0.2, 0) is 20.8 Å². The lowest BCUT2D eigenvalue weighted by Crippen LogP contribution is -2.58. The van der Waals surface area contributed by atoms with Crippen molar-refractivity contribution < 1.29 is 14.3 Å². The van der Waals surface area contributed by atoms with Gasteiger partial charge in [0.2, 0.25) is 5.91 Å². The molecule has 0 atom stereocenters. The van der Waals surface area contributed by atoms with E-state index in [4.69, 9.17) is 15.2 Å². The molecule has 0 aliphatic carbocycles. The van der Waals surface area contributed by atoms with Crippen LogP contribution in [0, 0.1) is 0 Å². The van der Waals surface area contributed by atoms with Gasteiger partial charge in [0.1, 0.15) is 0 Å². The van der Waals surface area contributed by atoms with Gasteiger partial charge in [-0.2, -0.15) is 0 Å². The molecule has 1 aliphatic rings. The Labute approximate surface area is 125 Å². The van der Waals surface area contributed by atoms with Crippen LogP contribution in [0.2, 0.25) is 0 Å². The first kappa shape index (κ1) is 15.9. The summed E-state index contributed by atoms with van der Waals surface area (Å²) < 4.78 is 10.4. The molecule has 0 saturated carbocycles. The molecule has 1 saturated heterocycles. The second-order valence-corrected chi connectivity index (χ2v) is 5.31. The van der Waals surface area contributed by atoms with Crippen LogP contribution in [0.5, 0.6) is 0 Å². The SMILES string of the molecule is COCCN(Cc1ccccn1)C(=O)C1(N)CCOCC1. The van der Waals surface area contributed by atoms with Crippen molar-refractivity contribution in [3.8, 4) is 0 Å². The Bertz CT molecular complexity index is 447. The summed E-state index contributed by atoms with van der Waals surface area (Å²) in [5, 5.41) is 0. The van der Waals surface area contributed by atoms with Gasteiger partial charge >= 0.3 is 0 Å². The fourth-order valence-electron chi connectivity index (χ4n) is 2.41. The fourth-order valence-corrected chi connectivity index (χ4v) is 2.41. The average molecular weight is 293 g/mol. The van der Waals surface area contributed by atoms with Crippen LogP contribution in [0.15, 0.2) is 24.4 Å². The van der Waals surface area contributed by atoms with Gasteiger partial charge in [-0.15, -0.1) is 0 Å². The average Bonchev–Trinajstić information content (AvgIpc) is 2.52. The third-order valence-electron chi connectivity index (χ3n) is 3.74. The number of rotatable bonds is 6. The van der Waals surface area contributed by atoms with E-state index < -0.39 is 5.54 Å². The normalized spacial score (nSPS) is 17.4. The largest absolute Gasteiger partial charge is 0.383 e. The number of ether oxygens (including phenoxy) is 2. The molecule has 1 aliphatic heterocycles. The number of hydrogen-bond acceptors (Lipinski definition) is 5. The smallest absolute Gasteiger partial charge is 0.243 e. The van der Waals surface area contributed by atoms with E-state index in [-0.39, 0.29) is 5.91 Å². The summed E-state index contributed by atoms with van der Waals surface area (Å²) in [4.78, 5) is 18.8. The molecule has 0 aromatic carbocycles. The number of hydrogen-bond donors (Lipinski definition) is 1. The molecule has 1 amide bonds. The molecule has 2 N–H and O–H groups in total. The Morgan fingerprint density at radius 3 is 2.86 bits per heavy atom. The zero-order valence-corrected chi connectivity index (χ0v) is 12.5. The van der Waals surface area contributed by atoms with Crippen LogP contribution in [0.25, 0.3) is 0 Å². The number of carbonyl (C=O) groups is 1. The van der Waals surface area contributed by atoms with Crippen molar-refractivity contribution in [1.29, 1.82) is 0 Å². The molecule has 6 heteroatoms. The zero-order chi connectivity index (χ0) is 15.1. The van der Waals surface area contributed by atoms with E-state index in [1.165, 1.54) is 0 Å². The molecule has 0 unspecified atom stereocenters. The lowest BCUT2D eigenvalue weighted by atomic mass is 9.89. The van der Waals surface area contributed by atoms with Crippen LogP contribution >= 0.6 is 0 Å². The number of amides is 1. The highest BCUT2D eigenvalue weighted by atomic mass is 16.5. The molecule has 1 fully saturated rings. The van der Waals surface area contributed by atoms with Gasteiger partial charge < -0.3 is 20.1 Å². The molecular weight excluding hydrogens is 270 g/mol. The molecule has 0 spiro atoms. The highest BCUT2D eigenvalue weighted by Crippen LogP contribution is 2.21. The standard InChI is InChI=1S/C15H23N3O3/c1-20-11-8-18(12-13-4-2-3-7-17-13)14(19)15(16)5-9-21-10-6-15/h2-4,7H,5-6,8-12,16H2,1H3. The van der Waals surface area contributed by atoms with E-state index in [1.54, 1.807) is 18.2 Å². The predicted octanol–water partition coefficient (Wildman–Crippen LogP) is 0.565. The fraction of sp³-hybridized carbons (Fsp3) is 0.600. The molecule has 1 aromatic rings. The van der Waals surface area contributed by atoms with Gasteiger partial charge in [0.05, 0.1) is 24.4 Å². The summed E-state index contributed by atoms with van der Waals surface area (Å²) in [6, 6.07) is 5.67. The lowest BCUT2D eigenvalue weighted by Gasteiger charge is -2.36. The Balaban J connectivity index is 2.09. The molecule has 21 heavy (non-hydrogen) atoms. The topological polar surface area (TPSA) is 77.7 Å². The molecule has 2 rings (SSSR count). The Hall–Kier alpha value is -1.50. The van der Waals surface area contributed by atoms with E-state index in [2.05, 4.69) is 4.98 Å². The summed E-state index contributed by atoms with van der Waals surface area (Å²) in [6.45, 7) is 2.49. The highest BCUT2D eigenvalue weighted by molar-refractivity contribution is 5.86. The van der Waals surface area contributed by atoms with Gasteiger partial charge in [-0.05, 0) is 25.0 Å². The van der Waals surface area contributed by atoms with Crippen LogP contribution < -0.4 is 5.73 Å². The molecule has 0 radical (unpaired) electrons. The maximum atomic E-state index is 12.8. The Morgan fingerprint density at radius 1 is 1.48 bits per heavy atom. The third-order valence-corrected chi connectivity index (χ3v) is 3.74. The van der Waals surface area contributed by atoms with Gasteiger partial charge in [0, 0.05) is 33.1 Å². The molecule has 1 aromatic heterocycles. The lowest BCUT2D eigenvalue weighted by molar-refractivity contribution is -0.142. The zero-order valence-electron chi connectivity index (χ0n) is 12.5. The van der Waals surface area contributed by atoms with Gasteiger partial charge in [0.15, 0.2) is 0 Å². The molecule has 2 heterocycles. The maximum absolute atomic E-state index is 12.8. The predicted molar refractivity (Wildman–Crippen MR) is 78.5 cm³/mol. The monoisotopic (exact) mass is 293 g/mol. The van der Waals surface area contributed by atoms with Crippen molar-refractivity contribution in [3.63, 3.8) is 0 Å². The van der Waals surface area contributed by atoms with Crippen molar-refractivity contribution in [2.45, 2.75) is 24.9 Å². The first-order valence-corrected chi connectivity index (χ1v) is 7.20. The van der Waals surface area contributed by atoms with E-state index in [0.717, 1.165) is 5.69 Å². The molecule has 116 valence electrons. The van der Waals surface area contributed by atoms with Crippen molar-refractivity contribution in [2.24, 2.45) is 5.73 Å². The summed E-state index contributed by atoms with van der Waals surface area (Å²) >= 11 is 0. The number of nitrogens with two attached hydrogens (primary N) is 1. The molecular formula is C15H23N3O3. The number of nitrogens with zero attached hydrogens (tertiary/aromatic N) is 2. The van der Waals surface area contributed by atoms with E-state index in [0.29, 0.717) is 45.8 Å². The van der Waals surface area contributed by atoms with Gasteiger partial charge in [-0.25, -0.2) is 0 Å². The van der Waals surface area contributed by atoms with Crippen molar-refractivity contribution in [3.05, 3.63) is 30.1 Å². The van der Waals surface area contributed by atoms with Crippen LogP contribution in [0.3, 0.4) is 0 Å². The number of pyridine rings is 1. The minimum absolute atomic E-state index is 0.0477. The van der Waals surface area contributed by atoms with Crippen molar-refractivity contribution in [2.75, 3.05) is 33.5 Å². The third kappa shape index (κ3) is 4.23. The minimum atomic E-state index is -0.833. The summed E-state index contributed by atoms with van der Waals surface area (Å²) in [5.74, 6) is -0.0477. The Kier molecular flexibility index (Phi) is 5.67. The number of aromatic nitrogens is 1. The van der Waals surface area contributed by atoms with E-state index in [9.17, 15) is 4.79 Å². The second-order valence-electron chi connectivity index (χ2n) is 5.31. The van der Waals surface area contributed by atoms with Crippen molar-refractivity contribution in [1.82, 2.24) is 9.88 Å². The quantitative estimate of drug-likeness (QED) is 0.829. The van der Waals surface area contributed by atoms with E-state index in [1.807, 2.05) is 18.2 Å². The maximum Gasteiger partial charge on any atom is 0.243 e. The summed E-state index contributed by atoms with van der Waals surface area (Å²) in [7, 11) is 1.62. The summed E-state index contributed by atoms with van der Waals surface area (Å²) in [5.41, 5.74) is 6.31. The van der Waals surface area contributed by atoms with Gasteiger partial charge in [0.25, 0.3) is 0 Å². The van der Waals surface area contributed by atoms with Gasteiger partial charge in [-0.3, -0.25) is 9.78 Å². The minimum Gasteiger partial charge on any atom is -0.383 e. The second kappa shape index (κ2) is 7.49. The van der Waals surface area contributed by atoms with Crippen LogP contribution in [0.4, 0.5) is 0 Å². The van der Waals surface area contributed by atoms with Crippen LogP contribution in [0.1, 0.15) is 18.5 Å². The summed E-state index contributed by atoms with van der Waals surface area (Å²) in [6.07, 6.45) is 2.83. The van der Waals surface area contributed by atoms with E-state index >= 15 is 0 Å². The first-order chi connectivity index (χ1) is 10.2. The van der Waals surface area contributed by atoms with Gasteiger partial charge in [-0.1, -0.05) is 6.07 Å². The Morgan fingerprint density at radius 2 is 2.24 bits per heavy atom. The molecule has 6 nitrogen and oxygen atoms in total. The molecule has 0 bridgehead atoms. The highest BCUT2D eigenvalue weighted by Gasteiger charge is 2.38. The van der Waals surface area contributed by atoms with Crippen LogP contribution in [-0.4, -0.2) is 54.8 Å².